The zero-order chi connectivity index (χ0) is 27.9. The van der Waals surface area contributed by atoms with Crippen molar-refractivity contribution in [3.05, 3.63) is 99.3 Å². The molecule has 1 saturated heterocycles. The van der Waals surface area contributed by atoms with E-state index in [0.29, 0.717) is 33.5 Å². The number of nitrogens with one attached hydrogen (secondary N) is 1. The summed E-state index contributed by atoms with van der Waals surface area (Å²) < 4.78 is 20.6. The molecule has 1 spiro atoms. The van der Waals surface area contributed by atoms with Gasteiger partial charge < -0.3 is 10.1 Å². The summed E-state index contributed by atoms with van der Waals surface area (Å²) in [6.45, 7) is 7.39. The molecule has 1 N–H and O–H groups in total. The Kier molecular flexibility index (Phi) is 7.63. The Morgan fingerprint density at radius 3 is 2.44 bits per heavy atom. The Morgan fingerprint density at radius 2 is 1.72 bits per heavy atom. The zero-order valence-corrected chi connectivity index (χ0v) is 24.7. The number of carbonyl (C=O) groups excluding carboxylic acids is 2. The van der Waals surface area contributed by atoms with Gasteiger partial charge in [-0.25, -0.2) is 4.39 Å². The monoisotopic (exact) mass is 584 g/mol. The highest BCUT2D eigenvalue weighted by atomic mass is 35.5. The number of anilines is 1. The van der Waals surface area contributed by atoms with Gasteiger partial charge in [-0.3, -0.25) is 14.5 Å². The topological polar surface area (TPSA) is 58.6 Å². The van der Waals surface area contributed by atoms with Crippen LogP contribution in [0.5, 0.6) is 0 Å². The molecule has 2 heterocycles. The Hall–Kier alpha value is -2.71. The minimum Gasteiger partial charge on any atom is -0.361 e. The molecule has 3 aromatic carbocycles. The molecule has 3 atom stereocenters. The molecule has 0 bridgehead atoms. The van der Waals surface area contributed by atoms with Crippen molar-refractivity contribution in [2.45, 2.75) is 49.5 Å². The van der Waals surface area contributed by atoms with E-state index in [1.807, 2.05) is 18.2 Å². The van der Waals surface area contributed by atoms with Crippen molar-refractivity contribution in [2.24, 2.45) is 0 Å². The number of benzene rings is 3. The molecular formula is C30H31Cl2FN2O3Si. The number of piperidine rings is 1. The van der Waals surface area contributed by atoms with E-state index in [4.69, 9.17) is 27.9 Å². The standard InChI is InChI=1S/C30H31Cl2FN2O3Si/c1-39(2,3)13-12-38-18-35-26-16-22(32)10-11-24(26)30(29(35)37)25(19-6-4-8-21(31)14-19)17-27(36)34-28(30)20-7-5-9-23(33)15-20/h4-11,14-16,25,28H,12-13,17-18H2,1-3H3,(H,34,36)/t25-,28+,30-/m0/s1. The molecule has 0 unspecified atom stereocenters. The Bertz CT molecular complexity index is 1370. The van der Waals surface area contributed by atoms with Gasteiger partial charge in [0.05, 0.1) is 11.7 Å². The van der Waals surface area contributed by atoms with Crippen LogP contribution in [-0.2, 0) is 19.7 Å². The average molecular weight is 586 g/mol. The normalized spacial score (nSPS) is 22.8. The largest absolute Gasteiger partial charge is 0.361 e. The van der Waals surface area contributed by atoms with Crippen LogP contribution in [0.4, 0.5) is 10.1 Å². The van der Waals surface area contributed by atoms with Crippen LogP contribution >= 0.6 is 23.2 Å². The first-order valence-electron chi connectivity index (χ1n) is 13.0. The van der Waals surface area contributed by atoms with Crippen molar-refractivity contribution in [3.8, 4) is 0 Å². The molecule has 39 heavy (non-hydrogen) atoms. The highest BCUT2D eigenvalue weighted by Crippen LogP contribution is 2.59. The molecule has 2 aliphatic heterocycles. The van der Waals surface area contributed by atoms with Crippen LogP contribution in [0.2, 0.25) is 35.7 Å². The summed E-state index contributed by atoms with van der Waals surface area (Å²) in [5, 5.41) is 4.03. The summed E-state index contributed by atoms with van der Waals surface area (Å²) in [6, 6.07) is 18.8. The molecule has 2 aliphatic rings. The summed E-state index contributed by atoms with van der Waals surface area (Å²) in [5.41, 5.74) is 1.32. The minimum absolute atomic E-state index is 0.0461. The van der Waals surface area contributed by atoms with E-state index in [1.165, 1.54) is 12.1 Å². The molecule has 3 aromatic rings. The van der Waals surface area contributed by atoms with Crippen molar-refractivity contribution in [2.75, 3.05) is 18.2 Å². The summed E-state index contributed by atoms with van der Waals surface area (Å²) in [7, 11) is -1.34. The van der Waals surface area contributed by atoms with Gasteiger partial charge in [0.1, 0.15) is 18.0 Å². The maximum absolute atomic E-state index is 14.8. The summed E-state index contributed by atoms with van der Waals surface area (Å²) >= 11 is 12.8. The predicted molar refractivity (Wildman–Crippen MR) is 156 cm³/mol. The van der Waals surface area contributed by atoms with Crippen LogP contribution in [0.25, 0.3) is 0 Å². The maximum Gasteiger partial charge on any atom is 0.242 e. The van der Waals surface area contributed by atoms with Crippen LogP contribution in [0.1, 0.15) is 35.1 Å². The maximum atomic E-state index is 14.8. The van der Waals surface area contributed by atoms with Gasteiger partial charge in [0, 0.05) is 37.1 Å². The van der Waals surface area contributed by atoms with Crippen LogP contribution in [-0.4, -0.2) is 33.2 Å². The number of nitrogens with zero attached hydrogens (tertiary/aromatic N) is 1. The average Bonchev–Trinajstić information content (AvgIpc) is 3.10. The third kappa shape index (κ3) is 5.25. The zero-order valence-electron chi connectivity index (χ0n) is 22.1. The second-order valence-corrected chi connectivity index (χ2v) is 18.0. The first kappa shape index (κ1) is 27.8. The lowest BCUT2D eigenvalue weighted by Gasteiger charge is -2.47. The highest BCUT2D eigenvalue weighted by Gasteiger charge is 2.63. The molecule has 5 nitrogen and oxygen atoms in total. The Morgan fingerprint density at radius 1 is 1.00 bits per heavy atom. The summed E-state index contributed by atoms with van der Waals surface area (Å²) in [5.74, 6) is -1.48. The Balaban J connectivity index is 1.70. The third-order valence-corrected chi connectivity index (χ3v) is 9.82. The number of halogens is 3. The summed E-state index contributed by atoms with van der Waals surface area (Å²) in [6.07, 6.45) is 0.0598. The van der Waals surface area contributed by atoms with Crippen molar-refractivity contribution in [3.63, 3.8) is 0 Å². The number of rotatable bonds is 7. The van der Waals surface area contributed by atoms with Crippen LogP contribution in [0.3, 0.4) is 0 Å². The van der Waals surface area contributed by atoms with Gasteiger partial charge in [0.15, 0.2) is 0 Å². The number of fused-ring (bicyclic) bond motifs is 2. The van der Waals surface area contributed by atoms with E-state index in [1.54, 1.807) is 41.3 Å². The minimum atomic E-state index is -1.34. The molecule has 9 heteroatoms. The summed E-state index contributed by atoms with van der Waals surface area (Å²) in [4.78, 5) is 29.6. The smallest absolute Gasteiger partial charge is 0.242 e. The van der Waals surface area contributed by atoms with E-state index in [9.17, 15) is 14.0 Å². The second kappa shape index (κ2) is 10.7. The molecule has 0 radical (unpaired) electrons. The van der Waals surface area contributed by atoms with Crippen LogP contribution in [0.15, 0.2) is 66.7 Å². The van der Waals surface area contributed by atoms with E-state index in [0.717, 1.165) is 11.6 Å². The highest BCUT2D eigenvalue weighted by molar-refractivity contribution is 6.76. The van der Waals surface area contributed by atoms with Crippen molar-refractivity contribution < 1.29 is 18.7 Å². The number of hydrogen-bond donors (Lipinski definition) is 1. The van der Waals surface area contributed by atoms with Gasteiger partial charge in [-0.05, 0) is 59.1 Å². The van der Waals surface area contributed by atoms with E-state index >= 15 is 0 Å². The third-order valence-electron chi connectivity index (χ3n) is 7.64. The van der Waals surface area contributed by atoms with Gasteiger partial charge in [-0.2, -0.15) is 0 Å². The van der Waals surface area contributed by atoms with Gasteiger partial charge >= 0.3 is 0 Å². The molecule has 0 aliphatic carbocycles. The lowest BCUT2D eigenvalue weighted by Crippen LogP contribution is -2.58. The molecule has 1 fully saturated rings. The fraction of sp³-hybridized carbons (Fsp3) is 0.333. The van der Waals surface area contributed by atoms with E-state index < -0.39 is 31.3 Å². The molecular weight excluding hydrogens is 554 g/mol. The van der Waals surface area contributed by atoms with Gasteiger partial charge in [0.25, 0.3) is 0 Å². The van der Waals surface area contributed by atoms with E-state index in [2.05, 4.69) is 25.0 Å². The number of carbonyl (C=O) groups is 2. The first-order chi connectivity index (χ1) is 18.5. The van der Waals surface area contributed by atoms with Gasteiger partial charge in [0.2, 0.25) is 11.8 Å². The number of hydrogen-bond acceptors (Lipinski definition) is 3. The van der Waals surface area contributed by atoms with Gasteiger partial charge in [-0.15, -0.1) is 0 Å². The fourth-order valence-corrected chi connectivity index (χ4v) is 6.94. The van der Waals surface area contributed by atoms with Crippen molar-refractivity contribution in [1.29, 1.82) is 0 Å². The number of ether oxygens (including phenoxy) is 1. The first-order valence-corrected chi connectivity index (χ1v) is 17.5. The van der Waals surface area contributed by atoms with Crippen LogP contribution < -0.4 is 10.2 Å². The molecule has 204 valence electrons. The lowest BCUT2D eigenvalue weighted by molar-refractivity contribution is -0.133. The quantitative estimate of drug-likeness (QED) is 0.238. The predicted octanol–water partition coefficient (Wildman–Crippen LogP) is 7.07. The molecule has 5 rings (SSSR count). The second-order valence-electron chi connectivity index (χ2n) is 11.5. The Labute approximate surface area is 239 Å². The number of amides is 2. The fourth-order valence-electron chi connectivity index (χ4n) is 5.82. The van der Waals surface area contributed by atoms with Crippen molar-refractivity contribution >= 4 is 48.8 Å². The molecule has 2 amide bonds. The molecule has 0 aromatic heterocycles. The SMILES string of the molecule is C[Si](C)(C)CCOCN1C(=O)[C@]2(c3ccc(Cl)cc31)[C@@H](c1cccc(F)c1)NC(=O)C[C@H]2c1cccc(Cl)c1. The molecule has 0 saturated carbocycles. The van der Waals surface area contributed by atoms with Gasteiger partial charge in [-0.1, -0.05) is 73.2 Å². The van der Waals surface area contributed by atoms with E-state index in [-0.39, 0.29) is 25.0 Å². The lowest BCUT2D eigenvalue weighted by atomic mass is 9.59. The van der Waals surface area contributed by atoms with Crippen molar-refractivity contribution in [1.82, 2.24) is 5.32 Å². The van der Waals surface area contributed by atoms with Crippen LogP contribution in [0, 0.1) is 5.82 Å².